The van der Waals surface area contributed by atoms with Crippen LogP contribution in [0.15, 0.2) is 0 Å². The fourth-order valence-corrected chi connectivity index (χ4v) is 2.42. The van der Waals surface area contributed by atoms with Crippen molar-refractivity contribution in [1.82, 2.24) is 4.31 Å². The third-order valence-corrected chi connectivity index (χ3v) is 3.59. The summed E-state index contributed by atoms with van der Waals surface area (Å²) in [7, 11) is -3.49. The summed E-state index contributed by atoms with van der Waals surface area (Å²) in [5.41, 5.74) is 0. The van der Waals surface area contributed by atoms with Crippen molar-refractivity contribution in [2.24, 2.45) is 5.92 Å². The zero-order chi connectivity index (χ0) is 11.0. The van der Waals surface area contributed by atoms with Crippen molar-refractivity contribution in [3.05, 3.63) is 0 Å². The summed E-state index contributed by atoms with van der Waals surface area (Å²) in [4.78, 5) is 0. The standard InChI is InChI=1S/C7H12F3NO2S/c1-14(12,13)11-4-2-3-6(5-11)7(8,9)10/h6H,2-5H2,1H3/t6-/m0/s1. The Kier molecular flexibility index (Phi) is 3.10. The smallest absolute Gasteiger partial charge is 0.213 e. The van der Waals surface area contributed by atoms with E-state index in [9.17, 15) is 21.6 Å². The van der Waals surface area contributed by atoms with E-state index in [1.54, 1.807) is 0 Å². The number of hydrogen-bond acceptors (Lipinski definition) is 2. The SMILES string of the molecule is CS(=O)(=O)N1CCC[C@H](C(F)(F)F)C1. The molecule has 0 saturated carbocycles. The van der Waals surface area contributed by atoms with E-state index in [0.29, 0.717) is 0 Å². The van der Waals surface area contributed by atoms with Crippen LogP contribution in [0.1, 0.15) is 12.8 Å². The van der Waals surface area contributed by atoms with E-state index in [4.69, 9.17) is 0 Å². The molecule has 1 rings (SSSR count). The molecular formula is C7H12F3NO2S. The average Bonchev–Trinajstić information content (AvgIpc) is 2.01. The first-order chi connectivity index (χ1) is 6.21. The van der Waals surface area contributed by atoms with Crippen molar-refractivity contribution in [3.63, 3.8) is 0 Å². The number of halogens is 3. The van der Waals surface area contributed by atoms with Gasteiger partial charge in [-0.15, -0.1) is 0 Å². The Bertz CT molecular complexity index is 299. The van der Waals surface area contributed by atoms with Crippen molar-refractivity contribution >= 4 is 10.0 Å². The predicted molar refractivity (Wildman–Crippen MR) is 45.2 cm³/mol. The minimum Gasteiger partial charge on any atom is -0.213 e. The van der Waals surface area contributed by atoms with Gasteiger partial charge in [0.25, 0.3) is 0 Å². The summed E-state index contributed by atoms with van der Waals surface area (Å²) in [6, 6.07) is 0. The highest BCUT2D eigenvalue weighted by Crippen LogP contribution is 2.33. The van der Waals surface area contributed by atoms with Gasteiger partial charge in [0, 0.05) is 13.1 Å². The van der Waals surface area contributed by atoms with Crippen LogP contribution < -0.4 is 0 Å². The molecule has 0 radical (unpaired) electrons. The summed E-state index contributed by atoms with van der Waals surface area (Å²) in [6.45, 7) is -0.228. The molecule has 0 bridgehead atoms. The Balaban J connectivity index is 2.71. The van der Waals surface area contributed by atoms with Crippen LogP contribution in [0.2, 0.25) is 0 Å². The highest BCUT2D eigenvalue weighted by Gasteiger charge is 2.43. The molecule has 0 unspecified atom stereocenters. The Hall–Kier alpha value is -0.300. The summed E-state index contributed by atoms with van der Waals surface area (Å²) in [6.07, 6.45) is -3.05. The van der Waals surface area contributed by atoms with Crippen LogP contribution in [0.5, 0.6) is 0 Å². The molecule has 1 saturated heterocycles. The third kappa shape index (κ3) is 2.84. The quantitative estimate of drug-likeness (QED) is 0.680. The molecule has 1 aliphatic heterocycles. The molecule has 1 fully saturated rings. The second-order valence-corrected chi connectivity index (χ2v) is 5.48. The van der Waals surface area contributed by atoms with Crippen LogP contribution in [0.3, 0.4) is 0 Å². The molecule has 0 aromatic carbocycles. The first kappa shape index (κ1) is 11.8. The van der Waals surface area contributed by atoms with Crippen LogP contribution >= 0.6 is 0 Å². The predicted octanol–water partition coefficient (Wildman–Crippen LogP) is 1.22. The molecule has 0 aromatic rings. The number of sulfonamides is 1. The van der Waals surface area contributed by atoms with Gasteiger partial charge in [0.05, 0.1) is 12.2 Å². The third-order valence-electron chi connectivity index (χ3n) is 2.32. The molecule has 3 nitrogen and oxygen atoms in total. The Morgan fingerprint density at radius 2 is 1.93 bits per heavy atom. The first-order valence-electron chi connectivity index (χ1n) is 4.23. The fourth-order valence-electron chi connectivity index (χ4n) is 1.51. The van der Waals surface area contributed by atoms with Crippen LogP contribution in [0.4, 0.5) is 13.2 Å². The Morgan fingerprint density at radius 1 is 1.36 bits per heavy atom. The summed E-state index contributed by atoms with van der Waals surface area (Å²) in [5.74, 6) is -1.51. The number of rotatable bonds is 1. The van der Waals surface area contributed by atoms with E-state index in [-0.39, 0.29) is 19.4 Å². The Morgan fingerprint density at radius 3 is 2.36 bits per heavy atom. The van der Waals surface area contributed by atoms with Gasteiger partial charge in [0.2, 0.25) is 10.0 Å². The molecule has 84 valence electrons. The molecule has 14 heavy (non-hydrogen) atoms. The van der Waals surface area contributed by atoms with E-state index in [0.717, 1.165) is 10.6 Å². The second kappa shape index (κ2) is 3.69. The summed E-state index contributed by atoms with van der Waals surface area (Å²) < 4.78 is 59.8. The monoisotopic (exact) mass is 231 g/mol. The van der Waals surface area contributed by atoms with Crippen molar-refractivity contribution in [2.75, 3.05) is 19.3 Å². The van der Waals surface area contributed by atoms with Crippen molar-refractivity contribution in [1.29, 1.82) is 0 Å². The van der Waals surface area contributed by atoms with Crippen molar-refractivity contribution in [3.8, 4) is 0 Å². The largest absolute Gasteiger partial charge is 0.393 e. The molecular weight excluding hydrogens is 219 g/mol. The van der Waals surface area contributed by atoms with Crippen LogP contribution in [-0.4, -0.2) is 38.2 Å². The van der Waals surface area contributed by atoms with Gasteiger partial charge < -0.3 is 0 Å². The lowest BCUT2D eigenvalue weighted by Crippen LogP contribution is -2.44. The second-order valence-electron chi connectivity index (χ2n) is 3.50. The molecule has 7 heteroatoms. The van der Waals surface area contributed by atoms with Gasteiger partial charge in [0.15, 0.2) is 0 Å². The van der Waals surface area contributed by atoms with E-state index >= 15 is 0 Å². The lowest BCUT2D eigenvalue weighted by atomic mass is 9.99. The first-order valence-corrected chi connectivity index (χ1v) is 6.08. The van der Waals surface area contributed by atoms with Crippen LogP contribution in [-0.2, 0) is 10.0 Å². The van der Waals surface area contributed by atoms with Gasteiger partial charge in [-0.3, -0.25) is 0 Å². The average molecular weight is 231 g/mol. The van der Waals surface area contributed by atoms with Gasteiger partial charge in [-0.2, -0.15) is 13.2 Å². The highest BCUT2D eigenvalue weighted by atomic mass is 32.2. The number of hydrogen-bond donors (Lipinski definition) is 0. The number of alkyl halides is 3. The minimum absolute atomic E-state index is 0.0233. The number of piperidine rings is 1. The molecule has 0 aromatic heterocycles. The maximum Gasteiger partial charge on any atom is 0.393 e. The molecule has 0 N–H and O–H groups in total. The van der Waals surface area contributed by atoms with Crippen molar-refractivity contribution < 1.29 is 21.6 Å². The maximum absolute atomic E-state index is 12.3. The topological polar surface area (TPSA) is 37.4 Å². The van der Waals surface area contributed by atoms with Crippen LogP contribution in [0.25, 0.3) is 0 Å². The molecule has 1 atom stereocenters. The van der Waals surface area contributed by atoms with E-state index in [1.165, 1.54) is 0 Å². The fraction of sp³-hybridized carbons (Fsp3) is 1.00. The summed E-state index contributed by atoms with van der Waals surface area (Å²) >= 11 is 0. The lowest BCUT2D eigenvalue weighted by molar-refractivity contribution is -0.182. The van der Waals surface area contributed by atoms with E-state index in [1.807, 2.05) is 0 Å². The van der Waals surface area contributed by atoms with Gasteiger partial charge in [-0.1, -0.05) is 0 Å². The molecule has 0 amide bonds. The van der Waals surface area contributed by atoms with Gasteiger partial charge in [-0.05, 0) is 12.8 Å². The van der Waals surface area contributed by atoms with Gasteiger partial charge >= 0.3 is 6.18 Å². The van der Waals surface area contributed by atoms with E-state index < -0.39 is 28.7 Å². The van der Waals surface area contributed by atoms with Crippen LogP contribution in [0, 0.1) is 5.92 Å². The molecule has 1 aliphatic rings. The zero-order valence-electron chi connectivity index (χ0n) is 7.71. The highest BCUT2D eigenvalue weighted by molar-refractivity contribution is 7.88. The summed E-state index contributed by atoms with van der Waals surface area (Å²) in [5, 5.41) is 0. The normalized spacial score (nSPS) is 26.4. The minimum atomic E-state index is -4.29. The van der Waals surface area contributed by atoms with Gasteiger partial charge in [0.1, 0.15) is 0 Å². The number of nitrogens with zero attached hydrogens (tertiary/aromatic N) is 1. The van der Waals surface area contributed by atoms with Crippen molar-refractivity contribution in [2.45, 2.75) is 19.0 Å². The zero-order valence-corrected chi connectivity index (χ0v) is 8.53. The maximum atomic E-state index is 12.3. The molecule has 0 spiro atoms. The van der Waals surface area contributed by atoms with Gasteiger partial charge in [-0.25, -0.2) is 12.7 Å². The Labute approximate surface area is 80.9 Å². The van der Waals surface area contributed by atoms with E-state index in [2.05, 4.69) is 0 Å². The lowest BCUT2D eigenvalue weighted by Gasteiger charge is -2.31. The molecule has 0 aliphatic carbocycles. The molecule has 1 heterocycles.